The van der Waals surface area contributed by atoms with Crippen LogP contribution in [-0.4, -0.2) is 40.9 Å². The number of nitrogens with zero attached hydrogens (tertiary/aromatic N) is 2. The normalized spacial score (nSPS) is 16.2. The van der Waals surface area contributed by atoms with E-state index >= 15 is 0 Å². The molecule has 2 aromatic rings. The van der Waals surface area contributed by atoms with Crippen molar-refractivity contribution in [2.24, 2.45) is 13.0 Å². The number of carbonyl (C=O) groups is 2. The van der Waals surface area contributed by atoms with Gasteiger partial charge in [0, 0.05) is 32.3 Å². The van der Waals surface area contributed by atoms with Crippen LogP contribution in [0.3, 0.4) is 0 Å². The maximum absolute atomic E-state index is 12.2. The maximum atomic E-state index is 12.2. The molecule has 6 heteroatoms. The van der Waals surface area contributed by atoms with E-state index in [9.17, 15) is 9.59 Å². The lowest BCUT2D eigenvalue weighted by atomic mass is 9.99. The predicted octanol–water partition coefficient (Wildman–Crippen LogP) is 1.76. The fraction of sp³-hybridized carbons (Fsp3) is 0.500. The van der Waals surface area contributed by atoms with Crippen LogP contribution >= 0.6 is 0 Å². The van der Waals surface area contributed by atoms with Crippen LogP contribution in [0, 0.1) is 5.92 Å². The third-order valence-corrected chi connectivity index (χ3v) is 4.43. The number of nitrogens with one attached hydrogen (secondary N) is 1. The monoisotopic (exact) mass is 303 g/mol. The summed E-state index contributed by atoms with van der Waals surface area (Å²) < 4.78 is 7.05. The van der Waals surface area contributed by atoms with E-state index in [0.717, 1.165) is 31.4 Å². The third kappa shape index (κ3) is 2.73. The highest BCUT2D eigenvalue weighted by Gasteiger charge is 2.21. The van der Waals surface area contributed by atoms with E-state index in [4.69, 9.17) is 4.42 Å². The lowest BCUT2D eigenvalue weighted by Gasteiger charge is -2.30. The molecule has 0 aliphatic carbocycles. The first-order valence-corrected chi connectivity index (χ1v) is 7.65. The van der Waals surface area contributed by atoms with Crippen molar-refractivity contribution in [1.82, 2.24) is 14.8 Å². The zero-order valence-corrected chi connectivity index (χ0v) is 13.0. The molecule has 1 N–H and O–H groups in total. The van der Waals surface area contributed by atoms with Crippen LogP contribution in [0.15, 0.2) is 22.8 Å². The van der Waals surface area contributed by atoms with E-state index in [2.05, 4.69) is 12.2 Å². The molecule has 0 bridgehead atoms. The Labute approximate surface area is 129 Å². The van der Waals surface area contributed by atoms with Gasteiger partial charge in [-0.15, -0.1) is 0 Å². The van der Waals surface area contributed by atoms with Gasteiger partial charge in [-0.05, 0) is 18.8 Å². The molecule has 6 nitrogen and oxygen atoms in total. The van der Waals surface area contributed by atoms with Gasteiger partial charge in [-0.3, -0.25) is 9.59 Å². The van der Waals surface area contributed by atoms with E-state index in [1.165, 1.54) is 0 Å². The topological polar surface area (TPSA) is 67.5 Å². The van der Waals surface area contributed by atoms with Crippen LogP contribution in [0.5, 0.6) is 0 Å². The lowest BCUT2D eigenvalue weighted by Crippen LogP contribution is -2.44. The van der Waals surface area contributed by atoms with Crippen LogP contribution in [0.2, 0.25) is 0 Å². The van der Waals surface area contributed by atoms with Crippen LogP contribution in [-0.2, 0) is 11.8 Å². The fourth-order valence-electron chi connectivity index (χ4n) is 2.88. The number of rotatable bonds is 3. The van der Waals surface area contributed by atoms with Crippen molar-refractivity contribution in [3.63, 3.8) is 0 Å². The zero-order chi connectivity index (χ0) is 15.7. The van der Waals surface area contributed by atoms with Crippen molar-refractivity contribution in [3.8, 4) is 0 Å². The molecule has 3 heterocycles. The summed E-state index contributed by atoms with van der Waals surface area (Å²) in [6.07, 6.45) is 3.66. The molecular formula is C16H21N3O3. The third-order valence-electron chi connectivity index (χ3n) is 4.43. The maximum Gasteiger partial charge on any atom is 0.268 e. The summed E-state index contributed by atoms with van der Waals surface area (Å²) in [5.41, 5.74) is 2.03. The molecule has 3 rings (SSSR count). The molecule has 1 aliphatic rings. The van der Waals surface area contributed by atoms with E-state index < -0.39 is 0 Å². The van der Waals surface area contributed by atoms with Crippen LogP contribution in [0.25, 0.3) is 11.1 Å². The summed E-state index contributed by atoms with van der Waals surface area (Å²) in [6.45, 7) is 3.81. The van der Waals surface area contributed by atoms with Crippen molar-refractivity contribution in [2.75, 3.05) is 19.6 Å². The van der Waals surface area contributed by atoms with Gasteiger partial charge in [-0.2, -0.15) is 0 Å². The minimum atomic E-state index is -0.257. The Kier molecular flexibility index (Phi) is 3.92. The predicted molar refractivity (Wildman–Crippen MR) is 82.5 cm³/mol. The van der Waals surface area contributed by atoms with E-state index in [1.807, 2.05) is 11.0 Å². The second-order valence-electron chi connectivity index (χ2n) is 6.00. The van der Waals surface area contributed by atoms with Gasteiger partial charge in [0.25, 0.3) is 5.91 Å². The summed E-state index contributed by atoms with van der Waals surface area (Å²) in [5, 5.41) is 2.71. The summed E-state index contributed by atoms with van der Waals surface area (Å²) >= 11 is 0. The second-order valence-corrected chi connectivity index (χ2v) is 6.00. The zero-order valence-electron chi connectivity index (χ0n) is 13.0. The molecule has 0 radical (unpaired) electrons. The number of amides is 2. The van der Waals surface area contributed by atoms with Gasteiger partial charge in [-0.25, -0.2) is 0 Å². The van der Waals surface area contributed by atoms with Crippen molar-refractivity contribution in [2.45, 2.75) is 19.8 Å². The molecule has 2 amide bonds. The SMILES string of the molecule is CC1CCN(C(=O)CNC(=O)c2cc3occc3n2C)CC1. The molecular weight excluding hydrogens is 282 g/mol. The number of carbonyl (C=O) groups excluding carboxylic acids is 2. The fourth-order valence-corrected chi connectivity index (χ4v) is 2.88. The standard InChI is InChI=1S/C16H21N3O3/c1-11-3-6-19(7-4-11)15(20)10-17-16(21)13-9-14-12(18(13)2)5-8-22-14/h5,8-9,11H,3-4,6-7,10H2,1-2H3,(H,17,21). The van der Waals surface area contributed by atoms with E-state index in [0.29, 0.717) is 17.2 Å². The first-order chi connectivity index (χ1) is 10.6. The number of hydrogen-bond acceptors (Lipinski definition) is 3. The Bertz CT molecular complexity index is 693. The molecule has 0 unspecified atom stereocenters. The van der Waals surface area contributed by atoms with Gasteiger partial charge in [0.15, 0.2) is 5.58 Å². The molecule has 0 aromatic carbocycles. The lowest BCUT2D eigenvalue weighted by molar-refractivity contribution is -0.131. The average molecular weight is 303 g/mol. The Morgan fingerprint density at radius 2 is 2.09 bits per heavy atom. The molecule has 118 valence electrons. The minimum Gasteiger partial charge on any atom is -0.463 e. The molecule has 1 aliphatic heterocycles. The number of piperidine rings is 1. The first-order valence-electron chi connectivity index (χ1n) is 7.65. The Morgan fingerprint density at radius 3 is 2.77 bits per heavy atom. The van der Waals surface area contributed by atoms with Gasteiger partial charge in [0.2, 0.25) is 5.91 Å². The molecule has 1 saturated heterocycles. The van der Waals surface area contributed by atoms with Crippen LogP contribution < -0.4 is 5.32 Å². The molecule has 2 aromatic heterocycles. The number of likely N-dealkylation sites (tertiary alicyclic amines) is 1. The number of hydrogen-bond donors (Lipinski definition) is 1. The van der Waals surface area contributed by atoms with Gasteiger partial charge < -0.3 is 19.2 Å². The molecule has 0 atom stereocenters. The van der Waals surface area contributed by atoms with Gasteiger partial charge in [-0.1, -0.05) is 6.92 Å². The van der Waals surface area contributed by atoms with Gasteiger partial charge in [0.1, 0.15) is 5.69 Å². The largest absolute Gasteiger partial charge is 0.463 e. The minimum absolute atomic E-state index is 0.0156. The Morgan fingerprint density at radius 1 is 1.36 bits per heavy atom. The summed E-state index contributed by atoms with van der Waals surface area (Å²) in [5.74, 6) is 0.406. The summed E-state index contributed by atoms with van der Waals surface area (Å²) in [4.78, 5) is 26.2. The van der Waals surface area contributed by atoms with Crippen molar-refractivity contribution < 1.29 is 14.0 Å². The smallest absolute Gasteiger partial charge is 0.268 e. The molecule has 1 fully saturated rings. The van der Waals surface area contributed by atoms with Crippen LogP contribution in [0.4, 0.5) is 0 Å². The average Bonchev–Trinajstić information content (AvgIpc) is 3.08. The van der Waals surface area contributed by atoms with Crippen molar-refractivity contribution >= 4 is 22.9 Å². The summed E-state index contributed by atoms with van der Waals surface area (Å²) in [6, 6.07) is 3.50. The number of furan rings is 1. The number of aryl methyl sites for hydroxylation is 1. The quantitative estimate of drug-likeness (QED) is 0.939. The van der Waals surface area contributed by atoms with Gasteiger partial charge >= 0.3 is 0 Å². The van der Waals surface area contributed by atoms with Crippen molar-refractivity contribution in [1.29, 1.82) is 0 Å². The highest BCUT2D eigenvalue weighted by atomic mass is 16.3. The highest BCUT2D eigenvalue weighted by molar-refractivity contribution is 5.99. The summed E-state index contributed by atoms with van der Waals surface area (Å²) in [7, 11) is 1.81. The molecule has 0 saturated carbocycles. The van der Waals surface area contributed by atoms with Crippen LogP contribution in [0.1, 0.15) is 30.3 Å². The Hall–Kier alpha value is -2.24. The van der Waals surface area contributed by atoms with E-state index in [-0.39, 0.29) is 18.4 Å². The van der Waals surface area contributed by atoms with Crippen molar-refractivity contribution in [3.05, 3.63) is 24.1 Å². The van der Waals surface area contributed by atoms with Gasteiger partial charge in [0.05, 0.1) is 18.3 Å². The molecule has 22 heavy (non-hydrogen) atoms. The first kappa shape index (κ1) is 14.7. The second kappa shape index (κ2) is 5.87. The highest BCUT2D eigenvalue weighted by Crippen LogP contribution is 2.19. The number of fused-ring (bicyclic) bond motifs is 1. The Balaban J connectivity index is 1.59. The number of aromatic nitrogens is 1. The molecule has 0 spiro atoms. The van der Waals surface area contributed by atoms with E-state index in [1.54, 1.807) is 23.9 Å².